The van der Waals surface area contributed by atoms with E-state index in [0.29, 0.717) is 19.6 Å². The minimum atomic E-state index is -0.593. The van der Waals surface area contributed by atoms with Crippen LogP contribution in [-0.4, -0.2) is 24.7 Å². The van der Waals surface area contributed by atoms with Crippen LogP contribution < -0.4 is 15.0 Å². The predicted octanol–water partition coefficient (Wildman–Crippen LogP) is 4.50. The number of fused-ring (bicyclic) bond motifs is 3. The Morgan fingerprint density at radius 1 is 1.14 bits per heavy atom. The van der Waals surface area contributed by atoms with Crippen molar-refractivity contribution in [2.75, 3.05) is 18.1 Å². The number of nitrogens with zero attached hydrogens (tertiary/aromatic N) is 1. The lowest BCUT2D eigenvalue weighted by molar-refractivity contribution is -0.124. The lowest BCUT2D eigenvalue weighted by Crippen LogP contribution is -2.68. The molecule has 1 unspecified atom stereocenters. The van der Waals surface area contributed by atoms with E-state index in [9.17, 15) is 4.79 Å². The highest BCUT2D eigenvalue weighted by atomic mass is 16.5. The van der Waals surface area contributed by atoms with Crippen molar-refractivity contribution in [1.29, 1.82) is 0 Å². The number of hydrogen-bond donors (Lipinski definition) is 1. The highest BCUT2D eigenvalue weighted by molar-refractivity contribution is 5.84. The third-order valence-corrected chi connectivity index (χ3v) is 6.02. The van der Waals surface area contributed by atoms with Crippen molar-refractivity contribution in [2.24, 2.45) is 0 Å². The first-order chi connectivity index (χ1) is 13.5. The van der Waals surface area contributed by atoms with Gasteiger partial charge in [0.1, 0.15) is 11.4 Å². The van der Waals surface area contributed by atoms with Crippen molar-refractivity contribution < 1.29 is 9.53 Å². The molecular formula is C24H28N2O2. The first-order valence-electron chi connectivity index (χ1n) is 10.1. The van der Waals surface area contributed by atoms with Crippen molar-refractivity contribution in [2.45, 2.75) is 44.7 Å². The number of carbonyl (C=O) groups excluding carboxylic acids is 1. The second kappa shape index (κ2) is 7.01. The summed E-state index contributed by atoms with van der Waals surface area (Å²) < 4.78 is 5.92. The van der Waals surface area contributed by atoms with E-state index in [0.717, 1.165) is 17.7 Å². The summed E-state index contributed by atoms with van der Waals surface area (Å²) in [5.74, 6) is 0.969. The zero-order valence-corrected chi connectivity index (χ0v) is 16.9. The summed E-state index contributed by atoms with van der Waals surface area (Å²) in [5, 5.41) is 3.32. The van der Waals surface area contributed by atoms with Gasteiger partial charge < -0.3 is 15.0 Å². The molecule has 1 fully saturated rings. The van der Waals surface area contributed by atoms with Gasteiger partial charge in [-0.2, -0.15) is 0 Å². The molecule has 2 aromatic rings. The second-order valence-electron chi connectivity index (χ2n) is 8.08. The molecule has 1 saturated heterocycles. The maximum atomic E-state index is 12.5. The van der Waals surface area contributed by atoms with Gasteiger partial charge in [0.15, 0.2) is 0 Å². The highest BCUT2D eigenvalue weighted by Crippen LogP contribution is 2.52. The summed E-state index contributed by atoms with van der Waals surface area (Å²) in [7, 11) is 0. The van der Waals surface area contributed by atoms with E-state index >= 15 is 0 Å². The van der Waals surface area contributed by atoms with Gasteiger partial charge in [0, 0.05) is 29.6 Å². The molecule has 146 valence electrons. The number of hydrogen-bond acceptors (Lipinski definition) is 3. The molecule has 1 amide bonds. The van der Waals surface area contributed by atoms with Crippen molar-refractivity contribution in [1.82, 2.24) is 5.32 Å². The van der Waals surface area contributed by atoms with E-state index in [-0.39, 0.29) is 11.3 Å². The van der Waals surface area contributed by atoms with Gasteiger partial charge in [-0.25, -0.2) is 0 Å². The first-order valence-corrected chi connectivity index (χ1v) is 10.1. The fraction of sp³-hybridized carbons (Fsp3) is 0.375. The summed E-state index contributed by atoms with van der Waals surface area (Å²) in [6, 6.07) is 16.5. The molecule has 2 heterocycles. The average Bonchev–Trinajstić information content (AvgIpc) is 2.89. The number of rotatable bonds is 5. The third-order valence-electron chi connectivity index (χ3n) is 6.02. The molecule has 0 aromatic heterocycles. The molecule has 0 spiro atoms. The van der Waals surface area contributed by atoms with Crippen LogP contribution in [0.2, 0.25) is 0 Å². The van der Waals surface area contributed by atoms with Crippen molar-refractivity contribution in [3.05, 3.63) is 65.7 Å². The predicted molar refractivity (Wildman–Crippen MR) is 114 cm³/mol. The van der Waals surface area contributed by atoms with E-state index in [1.807, 2.05) is 18.2 Å². The van der Waals surface area contributed by atoms with Gasteiger partial charge in [0.25, 0.3) is 0 Å². The fourth-order valence-electron chi connectivity index (χ4n) is 4.49. The maximum Gasteiger partial charge on any atom is 0.223 e. The number of amides is 1. The minimum absolute atomic E-state index is 0.0947. The molecule has 0 bridgehead atoms. The molecule has 0 aliphatic carbocycles. The Hall–Kier alpha value is -2.75. The van der Waals surface area contributed by atoms with Crippen LogP contribution in [0.3, 0.4) is 0 Å². The highest BCUT2D eigenvalue weighted by Gasteiger charge is 2.57. The van der Waals surface area contributed by atoms with Crippen LogP contribution in [0.5, 0.6) is 5.75 Å². The van der Waals surface area contributed by atoms with Crippen LogP contribution >= 0.6 is 0 Å². The van der Waals surface area contributed by atoms with Crippen LogP contribution in [0, 0.1) is 0 Å². The first kappa shape index (κ1) is 18.6. The van der Waals surface area contributed by atoms with Gasteiger partial charge in [-0.3, -0.25) is 4.79 Å². The Balaban J connectivity index is 1.78. The minimum Gasteiger partial charge on any atom is -0.493 e. The lowest BCUT2D eigenvalue weighted by Gasteiger charge is -2.49. The lowest BCUT2D eigenvalue weighted by atomic mass is 9.74. The van der Waals surface area contributed by atoms with E-state index < -0.39 is 5.66 Å². The summed E-state index contributed by atoms with van der Waals surface area (Å²) in [5.41, 5.74) is 2.63. The number of ether oxygens (including phenoxy) is 1. The van der Waals surface area contributed by atoms with Crippen LogP contribution in [-0.2, 0) is 10.2 Å². The van der Waals surface area contributed by atoms with Gasteiger partial charge in [0.2, 0.25) is 5.91 Å². The Labute approximate surface area is 167 Å². The van der Waals surface area contributed by atoms with Crippen LogP contribution in [0.4, 0.5) is 5.69 Å². The molecule has 0 saturated carbocycles. The van der Waals surface area contributed by atoms with E-state index in [1.165, 1.54) is 11.3 Å². The normalized spacial score (nSPS) is 22.7. The van der Waals surface area contributed by atoms with Gasteiger partial charge in [-0.1, -0.05) is 63.2 Å². The number of nitrogens with one attached hydrogen (secondary N) is 1. The van der Waals surface area contributed by atoms with E-state index in [2.05, 4.69) is 73.5 Å². The van der Waals surface area contributed by atoms with Crippen LogP contribution in [0.1, 0.15) is 44.7 Å². The van der Waals surface area contributed by atoms with Crippen molar-refractivity contribution in [3.63, 3.8) is 0 Å². The van der Waals surface area contributed by atoms with Gasteiger partial charge in [-0.05, 0) is 30.2 Å². The monoisotopic (exact) mass is 376 g/mol. The molecule has 4 nitrogen and oxygen atoms in total. The Morgan fingerprint density at radius 3 is 2.71 bits per heavy atom. The number of para-hydroxylation sites is 2. The molecule has 0 radical (unpaired) electrons. The molecule has 4 rings (SSSR count). The molecule has 2 aliphatic heterocycles. The molecule has 1 atom stereocenters. The zero-order valence-electron chi connectivity index (χ0n) is 16.9. The fourth-order valence-corrected chi connectivity index (χ4v) is 4.49. The van der Waals surface area contributed by atoms with Gasteiger partial charge in [-0.15, -0.1) is 0 Å². The molecule has 1 N–H and O–H groups in total. The van der Waals surface area contributed by atoms with Crippen molar-refractivity contribution in [3.8, 4) is 5.75 Å². The molecular weight excluding hydrogens is 348 g/mol. The topological polar surface area (TPSA) is 41.6 Å². The molecule has 2 aromatic carbocycles. The summed E-state index contributed by atoms with van der Waals surface area (Å²) in [4.78, 5) is 14.8. The molecule has 2 aliphatic rings. The largest absolute Gasteiger partial charge is 0.493 e. The van der Waals surface area contributed by atoms with E-state index in [4.69, 9.17) is 4.74 Å². The number of benzene rings is 2. The SMILES string of the molecule is CCCOc1ccccc1/C=C/C12NC(=O)CCN1c1ccccc1C2(C)C. The van der Waals surface area contributed by atoms with Gasteiger partial charge in [0.05, 0.1) is 6.61 Å². The second-order valence-corrected chi connectivity index (χ2v) is 8.08. The average molecular weight is 377 g/mol. The van der Waals surface area contributed by atoms with Crippen molar-refractivity contribution >= 4 is 17.7 Å². The van der Waals surface area contributed by atoms with Crippen LogP contribution in [0.25, 0.3) is 6.08 Å². The third kappa shape index (κ3) is 2.79. The maximum absolute atomic E-state index is 12.5. The number of carbonyl (C=O) groups is 1. The Bertz CT molecular complexity index is 918. The number of anilines is 1. The van der Waals surface area contributed by atoms with E-state index in [1.54, 1.807) is 0 Å². The standard InChI is InChI=1S/C24H28N2O2/c1-4-17-28-21-12-8-5-9-18(21)13-15-24-23(2,3)19-10-6-7-11-20(19)26(24)16-14-22(27)25-24/h5-13,15H,4,14,16-17H2,1-3H3,(H,25,27)/b15-13+. The summed E-state index contributed by atoms with van der Waals surface area (Å²) in [6.07, 6.45) is 5.72. The Morgan fingerprint density at radius 2 is 1.89 bits per heavy atom. The Kier molecular flexibility index (Phi) is 4.66. The summed E-state index contributed by atoms with van der Waals surface area (Å²) in [6.45, 7) is 7.92. The summed E-state index contributed by atoms with van der Waals surface area (Å²) >= 11 is 0. The van der Waals surface area contributed by atoms with Crippen LogP contribution in [0.15, 0.2) is 54.6 Å². The quantitative estimate of drug-likeness (QED) is 0.835. The smallest absolute Gasteiger partial charge is 0.223 e. The zero-order chi connectivity index (χ0) is 19.8. The molecule has 28 heavy (non-hydrogen) atoms. The molecule has 4 heteroatoms. The van der Waals surface area contributed by atoms with Gasteiger partial charge >= 0.3 is 0 Å².